The maximum Gasteiger partial charge on any atom is 0.312 e. The molecule has 0 fully saturated rings. The van der Waals surface area contributed by atoms with E-state index in [2.05, 4.69) is 4.72 Å². The van der Waals surface area contributed by atoms with Gasteiger partial charge >= 0.3 is 5.69 Å². The molecule has 0 saturated heterocycles. The average Bonchev–Trinajstić information content (AvgIpc) is 2.42. The molecule has 0 heterocycles. The number of nitro benzene ring substituents is 1. The number of phenolic OH excluding ortho intramolecular Hbond substituents is 1. The topological polar surface area (TPSA) is 119 Å². The molecule has 0 aliphatic heterocycles. The fourth-order valence-corrected chi connectivity index (χ4v) is 2.62. The Kier molecular flexibility index (Phi) is 6.53. The van der Waals surface area contributed by atoms with Gasteiger partial charge in [-0.05, 0) is 25.0 Å². The molecule has 2 N–H and O–H groups in total. The summed E-state index contributed by atoms with van der Waals surface area (Å²) in [6.45, 7) is 3.20. The number of sulfonamides is 1. The lowest BCUT2D eigenvalue weighted by Gasteiger charge is -2.07. The highest BCUT2D eigenvalue weighted by Gasteiger charge is 2.20. The minimum Gasteiger partial charge on any atom is -0.502 e. The van der Waals surface area contributed by atoms with Gasteiger partial charge in [0.25, 0.3) is 0 Å². The predicted octanol–water partition coefficient (Wildman–Crippen LogP) is 1.40. The van der Waals surface area contributed by atoms with E-state index >= 15 is 0 Å². The van der Waals surface area contributed by atoms with E-state index in [0.29, 0.717) is 19.6 Å². The van der Waals surface area contributed by atoms with Gasteiger partial charge in [-0.1, -0.05) is 6.92 Å². The number of rotatable bonds is 9. The van der Waals surface area contributed by atoms with Gasteiger partial charge in [-0.15, -0.1) is 0 Å². The van der Waals surface area contributed by atoms with Crippen LogP contribution in [0.1, 0.15) is 19.8 Å². The molecule has 21 heavy (non-hydrogen) atoms. The van der Waals surface area contributed by atoms with Crippen LogP contribution in [0.15, 0.2) is 23.1 Å². The van der Waals surface area contributed by atoms with Crippen molar-refractivity contribution in [2.24, 2.45) is 0 Å². The first kappa shape index (κ1) is 17.3. The van der Waals surface area contributed by atoms with E-state index in [1.54, 1.807) is 0 Å². The van der Waals surface area contributed by atoms with Crippen molar-refractivity contribution < 1.29 is 23.2 Å². The molecule has 0 aliphatic rings. The minimum atomic E-state index is -3.85. The fourth-order valence-electron chi connectivity index (χ4n) is 1.53. The molecule has 9 heteroatoms. The van der Waals surface area contributed by atoms with Crippen molar-refractivity contribution in [1.29, 1.82) is 0 Å². The van der Waals surface area contributed by atoms with Crippen LogP contribution >= 0.6 is 0 Å². The van der Waals surface area contributed by atoms with Crippen LogP contribution in [0.5, 0.6) is 5.75 Å². The van der Waals surface area contributed by atoms with Crippen molar-refractivity contribution in [2.45, 2.75) is 24.7 Å². The Labute approximate surface area is 122 Å². The van der Waals surface area contributed by atoms with Crippen molar-refractivity contribution in [2.75, 3.05) is 19.8 Å². The van der Waals surface area contributed by atoms with Gasteiger partial charge in [0.1, 0.15) is 0 Å². The molecule has 0 spiro atoms. The number of hydrogen-bond donors (Lipinski definition) is 2. The molecule has 1 rings (SSSR count). The van der Waals surface area contributed by atoms with Gasteiger partial charge in [0, 0.05) is 25.8 Å². The maximum absolute atomic E-state index is 12.0. The summed E-state index contributed by atoms with van der Waals surface area (Å²) in [5.41, 5.74) is -0.649. The number of benzene rings is 1. The first-order valence-electron chi connectivity index (χ1n) is 6.43. The van der Waals surface area contributed by atoms with Crippen molar-refractivity contribution in [1.82, 2.24) is 4.72 Å². The van der Waals surface area contributed by atoms with Gasteiger partial charge in [0.05, 0.1) is 9.82 Å². The van der Waals surface area contributed by atoms with Crippen molar-refractivity contribution in [3.8, 4) is 5.75 Å². The predicted molar refractivity (Wildman–Crippen MR) is 75.7 cm³/mol. The molecule has 0 radical (unpaired) electrons. The van der Waals surface area contributed by atoms with E-state index in [1.165, 1.54) is 0 Å². The Bertz CT molecular complexity index is 587. The zero-order chi connectivity index (χ0) is 15.9. The SMILES string of the molecule is CCCOCCCNS(=O)(=O)c1ccc(O)c([N+](=O)[O-])c1. The van der Waals surface area contributed by atoms with Crippen LogP contribution in [0.4, 0.5) is 5.69 Å². The molecule has 0 aliphatic carbocycles. The smallest absolute Gasteiger partial charge is 0.312 e. The average molecular weight is 318 g/mol. The molecule has 0 unspecified atom stereocenters. The van der Waals surface area contributed by atoms with Crippen molar-refractivity contribution >= 4 is 15.7 Å². The standard InChI is InChI=1S/C12H18N2O6S/c1-2-7-20-8-3-6-13-21(18,19)10-4-5-12(15)11(9-10)14(16)17/h4-5,9,13,15H,2-3,6-8H2,1H3. The van der Waals surface area contributed by atoms with E-state index in [-0.39, 0.29) is 11.4 Å². The number of hydrogen-bond acceptors (Lipinski definition) is 6. The third-order valence-electron chi connectivity index (χ3n) is 2.56. The van der Waals surface area contributed by atoms with Crippen LogP contribution in [0.25, 0.3) is 0 Å². The first-order chi connectivity index (χ1) is 9.88. The Hall–Kier alpha value is -1.71. The van der Waals surface area contributed by atoms with E-state index < -0.39 is 26.4 Å². The normalized spacial score (nSPS) is 11.5. The van der Waals surface area contributed by atoms with E-state index in [1.807, 2.05) is 6.92 Å². The number of ether oxygens (including phenoxy) is 1. The third kappa shape index (κ3) is 5.29. The summed E-state index contributed by atoms with van der Waals surface area (Å²) in [5, 5.41) is 20.0. The molecule has 0 amide bonds. The van der Waals surface area contributed by atoms with Gasteiger partial charge in [-0.3, -0.25) is 10.1 Å². The Balaban J connectivity index is 2.66. The second-order valence-electron chi connectivity index (χ2n) is 4.27. The molecule has 1 aromatic rings. The zero-order valence-electron chi connectivity index (χ0n) is 11.6. The van der Waals surface area contributed by atoms with E-state index in [0.717, 1.165) is 24.6 Å². The maximum atomic E-state index is 12.0. The van der Waals surface area contributed by atoms with E-state index in [9.17, 15) is 23.6 Å². The molecular weight excluding hydrogens is 300 g/mol. The number of phenols is 1. The first-order valence-corrected chi connectivity index (χ1v) is 7.91. The van der Waals surface area contributed by atoms with Gasteiger partial charge in [-0.2, -0.15) is 0 Å². The van der Waals surface area contributed by atoms with Crippen LogP contribution in [0.3, 0.4) is 0 Å². The summed E-state index contributed by atoms with van der Waals surface area (Å²) in [6, 6.07) is 2.92. The quantitative estimate of drug-likeness (QED) is 0.403. The van der Waals surface area contributed by atoms with Crippen LogP contribution in [-0.2, 0) is 14.8 Å². The summed E-state index contributed by atoms with van der Waals surface area (Å²) < 4.78 is 31.4. The Morgan fingerprint density at radius 2 is 2.10 bits per heavy atom. The summed E-state index contributed by atoms with van der Waals surface area (Å²) >= 11 is 0. The summed E-state index contributed by atoms with van der Waals surface area (Å²) in [4.78, 5) is 9.57. The molecule has 8 nitrogen and oxygen atoms in total. The number of nitrogens with one attached hydrogen (secondary N) is 1. The largest absolute Gasteiger partial charge is 0.502 e. The highest BCUT2D eigenvalue weighted by atomic mass is 32.2. The fraction of sp³-hybridized carbons (Fsp3) is 0.500. The van der Waals surface area contributed by atoms with Crippen LogP contribution in [0, 0.1) is 10.1 Å². The molecule has 1 aromatic carbocycles. The molecule has 0 bridgehead atoms. The molecule has 0 aromatic heterocycles. The van der Waals surface area contributed by atoms with Crippen LogP contribution in [-0.4, -0.2) is 38.2 Å². The lowest BCUT2D eigenvalue weighted by Crippen LogP contribution is -2.25. The summed E-state index contributed by atoms with van der Waals surface area (Å²) in [6.07, 6.45) is 1.39. The highest BCUT2D eigenvalue weighted by Crippen LogP contribution is 2.28. The van der Waals surface area contributed by atoms with E-state index in [4.69, 9.17) is 4.74 Å². The summed E-state index contributed by atoms with van der Waals surface area (Å²) in [7, 11) is -3.85. The zero-order valence-corrected chi connectivity index (χ0v) is 12.4. The second-order valence-corrected chi connectivity index (χ2v) is 6.04. The molecule has 0 atom stereocenters. The van der Waals surface area contributed by atoms with Gasteiger partial charge in [0.15, 0.2) is 5.75 Å². The number of aromatic hydroxyl groups is 1. The Morgan fingerprint density at radius 3 is 2.71 bits per heavy atom. The summed E-state index contributed by atoms with van der Waals surface area (Å²) in [5.74, 6) is -0.577. The molecule has 118 valence electrons. The van der Waals surface area contributed by atoms with Gasteiger partial charge in [0.2, 0.25) is 10.0 Å². The van der Waals surface area contributed by atoms with Crippen molar-refractivity contribution in [3.63, 3.8) is 0 Å². The third-order valence-corrected chi connectivity index (χ3v) is 4.02. The monoisotopic (exact) mass is 318 g/mol. The number of nitro groups is 1. The highest BCUT2D eigenvalue weighted by molar-refractivity contribution is 7.89. The van der Waals surface area contributed by atoms with Crippen LogP contribution < -0.4 is 4.72 Å². The van der Waals surface area contributed by atoms with Crippen LogP contribution in [0.2, 0.25) is 0 Å². The van der Waals surface area contributed by atoms with Crippen molar-refractivity contribution in [3.05, 3.63) is 28.3 Å². The second kappa shape index (κ2) is 7.91. The van der Waals surface area contributed by atoms with Gasteiger partial charge < -0.3 is 9.84 Å². The lowest BCUT2D eigenvalue weighted by molar-refractivity contribution is -0.386. The lowest BCUT2D eigenvalue weighted by atomic mass is 10.3. The van der Waals surface area contributed by atoms with Gasteiger partial charge in [-0.25, -0.2) is 13.1 Å². The Morgan fingerprint density at radius 1 is 1.38 bits per heavy atom. The molecular formula is C12H18N2O6S. The number of nitrogens with zero attached hydrogens (tertiary/aromatic N) is 1. The molecule has 0 saturated carbocycles. The minimum absolute atomic E-state index is 0.167.